The van der Waals surface area contributed by atoms with Crippen molar-refractivity contribution in [2.45, 2.75) is 31.4 Å². The molecule has 1 amide bonds. The lowest BCUT2D eigenvalue weighted by Crippen LogP contribution is -2.51. The van der Waals surface area contributed by atoms with Gasteiger partial charge in [0.1, 0.15) is 18.1 Å². The molecule has 0 spiro atoms. The number of ether oxygens (including phenoxy) is 2. The Bertz CT molecular complexity index is 798. The third-order valence-corrected chi connectivity index (χ3v) is 5.57. The topological polar surface area (TPSA) is 76.8 Å². The smallest absolute Gasteiger partial charge is 0.229 e. The van der Waals surface area contributed by atoms with E-state index in [9.17, 15) is 9.90 Å². The number of benzene rings is 1. The standard InChI is InChI=1S/C20H25N3O4/c1-26-17-2-3-18-15(11-17)10-16(12-27-18)19(24)23-7-4-20(25,5-8-23)13-22-9-6-21-14-22/h2-3,6,9,11,14,16,25H,4-5,7-8,10,12-13H2,1H3. The van der Waals surface area contributed by atoms with E-state index in [1.807, 2.05) is 33.9 Å². The molecule has 1 fully saturated rings. The summed E-state index contributed by atoms with van der Waals surface area (Å²) in [7, 11) is 1.63. The van der Waals surface area contributed by atoms with Crippen LogP contribution in [0.1, 0.15) is 18.4 Å². The lowest BCUT2D eigenvalue weighted by Gasteiger charge is -2.40. The summed E-state index contributed by atoms with van der Waals surface area (Å²) in [4.78, 5) is 18.8. The quantitative estimate of drug-likeness (QED) is 0.881. The zero-order valence-electron chi connectivity index (χ0n) is 15.5. The van der Waals surface area contributed by atoms with Crippen molar-refractivity contribution in [2.75, 3.05) is 26.8 Å². The predicted molar refractivity (Wildman–Crippen MR) is 98.7 cm³/mol. The molecule has 2 aromatic rings. The molecule has 7 heteroatoms. The summed E-state index contributed by atoms with van der Waals surface area (Å²) in [5, 5.41) is 10.8. The van der Waals surface area contributed by atoms with Crippen molar-refractivity contribution in [3.8, 4) is 11.5 Å². The van der Waals surface area contributed by atoms with Gasteiger partial charge in [0.15, 0.2) is 0 Å². The molecular formula is C20H25N3O4. The van der Waals surface area contributed by atoms with Crippen molar-refractivity contribution < 1.29 is 19.4 Å². The highest BCUT2D eigenvalue weighted by molar-refractivity contribution is 5.80. The van der Waals surface area contributed by atoms with Crippen LogP contribution in [0.2, 0.25) is 0 Å². The minimum absolute atomic E-state index is 0.105. The van der Waals surface area contributed by atoms with Crippen molar-refractivity contribution in [1.82, 2.24) is 14.5 Å². The van der Waals surface area contributed by atoms with Crippen LogP contribution in [0, 0.1) is 5.92 Å². The number of hydrogen-bond donors (Lipinski definition) is 1. The number of carbonyl (C=O) groups excluding carboxylic acids is 1. The van der Waals surface area contributed by atoms with E-state index < -0.39 is 5.60 Å². The van der Waals surface area contributed by atoms with Gasteiger partial charge in [-0.15, -0.1) is 0 Å². The molecule has 1 saturated heterocycles. The lowest BCUT2D eigenvalue weighted by molar-refractivity contribution is -0.141. The van der Waals surface area contributed by atoms with Gasteiger partial charge in [-0.25, -0.2) is 4.98 Å². The third-order valence-electron chi connectivity index (χ3n) is 5.57. The number of hydrogen-bond acceptors (Lipinski definition) is 5. The van der Waals surface area contributed by atoms with Crippen molar-refractivity contribution in [3.05, 3.63) is 42.5 Å². The molecule has 0 bridgehead atoms. The van der Waals surface area contributed by atoms with Gasteiger partial charge < -0.3 is 24.0 Å². The fourth-order valence-corrected chi connectivity index (χ4v) is 3.94. The maximum absolute atomic E-state index is 13.0. The summed E-state index contributed by atoms with van der Waals surface area (Å²) < 4.78 is 13.0. The number of aliphatic hydroxyl groups is 1. The second kappa shape index (κ2) is 7.23. The number of imidazole rings is 1. The van der Waals surface area contributed by atoms with E-state index in [1.54, 1.807) is 19.6 Å². The first-order valence-electron chi connectivity index (χ1n) is 9.33. The van der Waals surface area contributed by atoms with E-state index >= 15 is 0 Å². The highest BCUT2D eigenvalue weighted by Gasteiger charge is 2.37. The molecule has 0 saturated carbocycles. The fraction of sp³-hybridized carbons (Fsp3) is 0.500. The molecule has 1 atom stereocenters. The molecule has 27 heavy (non-hydrogen) atoms. The van der Waals surface area contributed by atoms with Gasteiger partial charge in [-0.1, -0.05) is 0 Å². The Labute approximate surface area is 158 Å². The van der Waals surface area contributed by atoms with E-state index in [0.717, 1.165) is 17.1 Å². The van der Waals surface area contributed by atoms with E-state index in [1.165, 1.54) is 0 Å². The summed E-state index contributed by atoms with van der Waals surface area (Å²) in [6, 6.07) is 5.70. The Kier molecular flexibility index (Phi) is 4.78. The van der Waals surface area contributed by atoms with Gasteiger partial charge in [-0.3, -0.25) is 4.79 Å². The lowest BCUT2D eigenvalue weighted by atomic mass is 9.89. The van der Waals surface area contributed by atoms with Gasteiger partial charge in [0.25, 0.3) is 0 Å². The number of amides is 1. The predicted octanol–water partition coefficient (Wildman–Crippen LogP) is 1.50. The molecule has 1 N–H and O–H groups in total. The van der Waals surface area contributed by atoms with Crippen LogP contribution in [0.3, 0.4) is 0 Å². The Morgan fingerprint density at radius 3 is 2.93 bits per heavy atom. The van der Waals surface area contributed by atoms with E-state index in [4.69, 9.17) is 9.47 Å². The number of likely N-dealkylation sites (tertiary alicyclic amines) is 1. The average molecular weight is 371 g/mol. The molecule has 144 valence electrons. The normalized spacial score (nSPS) is 21.3. The zero-order valence-corrected chi connectivity index (χ0v) is 15.5. The monoisotopic (exact) mass is 371 g/mol. The van der Waals surface area contributed by atoms with Crippen LogP contribution in [-0.4, -0.2) is 57.9 Å². The number of aromatic nitrogens is 2. The Hall–Kier alpha value is -2.54. The molecule has 2 aliphatic heterocycles. The first-order chi connectivity index (χ1) is 13.1. The molecule has 1 unspecified atom stereocenters. The maximum Gasteiger partial charge on any atom is 0.229 e. The van der Waals surface area contributed by atoms with E-state index in [2.05, 4.69) is 4.98 Å². The molecule has 3 heterocycles. The number of carbonyl (C=O) groups is 1. The van der Waals surface area contributed by atoms with Gasteiger partial charge in [0, 0.05) is 25.5 Å². The number of fused-ring (bicyclic) bond motifs is 1. The number of rotatable bonds is 4. The van der Waals surface area contributed by atoms with Gasteiger partial charge >= 0.3 is 0 Å². The fourth-order valence-electron chi connectivity index (χ4n) is 3.94. The summed E-state index contributed by atoms with van der Waals surface area (Å²) in [5.41, 5.74) is 0.216. The van der Waals surface area contributed by atoms with Crippen molar-refractivity contribution in [2.24, 2.45) is 5.92 Å². The van der Waals surface area contributed by atoms with Crippen LogP contribution >= 0.6 is 0 Å². The van der Waals surface area contributed by atoms with Gasteiger partial charge in [0.2, 0.25) is 5.91 Å². The van der Waals surface area contributed by atoms with Crippen molar-refractivity contribution >= 4 is 5.91 Å². The molecule has 7 nitrogen and oxygen atoms in total. The summed E-state index contributed by atoms with van der Waals surface area (Å²) in [6.07, 6.45) is 7.05. The largest absolute Gasteiger partial charge is 0.497 e. The maximum atomic E-state index is 13.0. The van der Waals surface area contributed by atoms with Gasteiger partial charge in [-0.2, -0.15) is 0 Å². The first-order valence-corrected chi connectivity index (χ1v) is 9.33. The summed E-state index contributed by atoms with van der Waals surface area (Å²) in [5.74, 6) is 1.51. The van der Waals surface area contributed by atoms with Gasteiger partial charge in [-0.05, 0) is 43.0 Å². The van der Waals surface area contributed by atoms with Crippen LogP contribution in [0.25, 0.3) is 0 Å². The molecule has 2 aliphatic rings. The van der Waals surface area contributed by atoms with Crippen LogP contribution < -0.4 is 9.47 Å². The van der Waals surface area contributed by atoms with Crippen LogP contribution in [0.4, 0.5) is 0 Å². The van der Waals surface area contributed by atoms with Crippen LogP contribution in [0.15, 0.2) is 36.9 Å². The molecule has 4 rings (SSSR count). The van der Waals surface area contributed by atoms with E-state index in [0.29, 0.717) is 45.5 Å². The van der Waals surface area contributed by atoms with E-state index in [-0.39, 0.29) is 11.8 Å². The third kappa shape index (κ3) is 3.78. The van der Waals surface area contributed by atoms with Crippen LogP contribution in [0.5, 0.6) is 11.5 Å². The zero-order chi connectivity index (χ0) is 18.9. The molecular weight excluding hydrogens is 346 g/mol. The Morgan fingerprint density at radius 2 is 2.22 bits per heavy atom. The highest BCUT2D eigenvalue weighted by Crippen LogP contribution is 2.32. The molecule has 0 aliphatic carbocycles. The Balaban J connectivity index is 1.37. The van der Waals surface area contributed by atoms with Crippen molar-refractivity contribution in [1.29, 1.82) is 0 Å². The number of piperidine rings is 1. The SMILES string of the molecule is COc1ccc2c(c1)CC(C(=O)N1CCC(O)(Cn3ccnc3)CC1)CO2. The summed E-state index contributed by atoms with van der Waals surface area (Å²) >= 11 is 0. The van der Waals surface area contributed by atoms with Crippen molar-refractivity contribution in [3.63, 3.8) is 0 Å². The molecule has 1 aromatic heterocycles. The minimum atomic E-state index is -0.791. The number of methoxy groups -OCH3 is 1. The first kappa shape index (κ1) is 17.9. The average Bonchev–Trinajstić information content (AvgIpc) is 3.19. The van der Waals surface area contributed by atoms with Crippen LogP contribution in [-0.2, 0) is 17.8 Å². The Morgan fingerprint density at radius 1 is 1.41 bits per heavy atom. The molecule has 0 radical (unpaired) electrons. The second-order valence-electron chi connectivity index (χ2n) is 7.47. The second-order valence-corrected chi connectivity index (χ2v) is 7.47. The molecule has 1 aromatic carbocycles. The number of nitrogens with zero attached hydrogens (tertiary/aromatic N) is 3. The van der Waals surface area contributed by atoms with Gasteiger partial charge in [0.05, 0.1) is 31.5 Å². The highest BCUT2D eigenvalue weighted by atomic mass is 16.5. The minimum Gasteiger partial charge on any atom is -0.497 e. The summed E-state index contributed by atoms with van der Waals surface area (Å²) in [6.45, 7) is 2.03.